The Morgan fingerprint density at radius 2 is 2.19 bits per heavy atom. The van der Waals surface area contributed by atoms with Crippen LogP contribution in [-0.2, 0) is 14.3 Å². The van der Waals surface area contributed by atoms with Crippen LogP contribution in [0.1, 0.15) is 39.5 Å². The van der Waals surface area contributed by atoms with E-state index in [0.717, 1.165) is 12.8 Å². The summed E-state index contributed by atoms with van der Waals surface area (Å²) in [6.45, 7) is 4.70. The van der Waals surface area contributed by atoms with Crippen LogP contribution in [0.2, 0.25) is 0 Å². The summed E-state index contributed by atoms with van der Waals surface area (Å²) in [7, 11) is 1.78. The SMILES string of the molecule is CCOC(=O)C(C)(CCOC1CCC1)NC. The molecule has 1 saturated carbocycles. The molecule has 0 aliphatic heterocycles. The van der Waals surface area contributed by atoms with Gasteiger partial charge in [0.05, 0.1) is 12.7 Å². The molecule has 0 aromatic carbocycles. The number of rotatable bonds is 7. The third-order valence-electron chi connectivity index (χ3n) is 3.29. The van der Waals surface area contributed by atoms with E-state index in [4.69, 9.17) is 9.47 Å². The van der Waals surface area contributed by atoms with Gasteiger partial charge in [-0.2, -0.15) is 0 Å². The predicted octanol–water partition coefficient (Wildman–Crippen LogP) is 1.49. The monoisotopic (exact) mass is 229 g/mol. The number of ether oxygens (including phenoxy) is 2. The minimum absolute atomic E-state index is 0.199. The van der Waals surface area contributed by atoms with E-state index in [1.54, 1.807) is 7.05 Å². The first kappa shape index (κ1) is 13.5. The van der Waals surface area contributed by atoms with Crippen LogP contribution in [-0.4, -0.2) is 37.9 Å². The van der Waals surface area contributed by atoms with Crippen molar-refractivity contribution in [3.05, 3.63) is 0 Å². The molecule has 0 bridgehead atoms. The standard InChI is InChI=1S/C12H23NO3/c1-4-15-11(14)12(2,13-3)8-9-16-10-6-5-7-10/h10,13H,4-9H2,1-3H3. The summed E-state index contributed by atoms with van der Waals surface area (Å²) in [6, 6.07) is 0. The molecule has 1 rings (SSSR count). The fourth-order valence-corrected chi connectivity index (χ4v) is 1.59. The minimum atomic E-state index is -0.625. The van der Waals surface area contributed by atoms with Crippen LogP contribution in [0.3, 0.4) is 0 Å². The van der Waals surface area contributed by atoms with Crippen molar-refractivity contribution in [2.45, 2.75) is 51.2 Å². The molecule has 0 spiro atoms. The lowest BCUT2D eigenvalue weighted by atomic mass is 9.95. The van der Waals surface area contributed by atoms with Crippen molar-refractivity contribution in [2.24, 2.45) is 0 Å². The van der Waals surface area contributed by atoms with E-state index in [2.05, 4.69) is 5.32 Å². The van der Waals surface area contributed by atoms with Gasteiger partial charge in [0.25, 0.3) is 0 Å². The smallest absolute Gasteiger partial charge is 0.326 e. The molecule has 1 unspecified atom stereocenters. The number of carbonyl (C=O) groups excluding carboxylic acids is 1. The fraction of sp³-hybridized carbons (Fsp3) is 0.917. The Morgan fingerprint density at radius 1 is 1.50 bits per heavy atom. The Hall–Kier alpha value is -0.610. The topological polar surface area (TPSA) is 47.6 Å². The number of hydrogen-bond donors (Lipinski definition) is 1. The maximum absolute atomic E-state index is 11.7. The van der Waals surface area contributed by atoms with E-state index in [-0.39, 0.29) is 5.97 Å². The lowest BCUT2D eigenvalue weighted by Gasteiger charge is -2.30. The number of nitrogens with one attached hydrogen (secondary N) is 1. The molecule has 4 nitrogen and oxygen atoms in total. The van der Waals surface area contributed by atoms with Crippen molar-refractivity contribution < 1.29 is 14.3 Å². The van der Waals surface area contributed by atoms with Gasteiger partial charge in [0.15, 0.2) is 0 Å². The van der Waals surface area contributed by atoms with Gasteiger partial charge in [-0.05, 0) is 46.6 Å². The van der Waals surface area contributed by atoms with Gasteiger partial charge in [-0.3, -0.25) is 4.79 Å². The lowest BCUT2D eigenvalue weighted by molar-refractivity contribution is -0.151. The molecule has 94 valence electrons. The van der Waals surface area contributed by atoms with Crippen LogP contribution >= 0.6 is 0 Å². The number of hydrogen-bond acceptors (Lipinski definition) is 4. The van der Waals surface area contributed by atoms with Crippen molar-refractivity contribution >= 4 is 5.97 Å². The zero-order valence-corrected chi connectivity index (χ0v) is 10.5. The molecular weight excluding hydrogens is 206 g/mol. The van der Waals surface area contributed by atoms with E-state index < -0.39 is 5.54 Å². The normalized spacial score (nSPS) is 19.9. The number of likely N-dealkylation sites (N-methyl/N-ethyl adjacent to an activating group) is 1. The van der Waals surface area contributed by atoms with E-state index in [1.165, 1.54) is 6.42 Å². The average molecular weight is 229 g/mol. The molecule has 0 aromatic heterocycles. The van der Waals surface area contributed by atoms with Gasteiger partial charge in [0.1, 0.15) is 5.54 Å². The van der Waals surface area contributed by atoms with E-state index in [9.17, 15) is 4.79 Å². The van der Waals surface area contributed by atoms with E-state index >= 15 is 0 Å². The maximum Gasteiger partial charge on any atom is 0.326 e. The molecule has 0 amide bonds. The summed E-state index contributed by atoms with van der Waals surface area (Å²) in [4.78, 5) is 11.7. The molecule has 0 saturated heterocycles. The van der Waals surface area contributed by atoms with Crippen LogP contribution in [0.25, 0.3) is 0 Å². The molecule has 1 aliphatic carbocycles. The third-order valence-corrected chi connectivity index (χ3v) is 3.29. The number of esters is 1. The zero-order valence-electron chi connectivity index (χ0n) is 10.5. The van der Waals surface area contributed by atoms with Crippen LogP contribution < -0.4 is 5.32 Å². The van der Waals surface area contributed by atoms with E-state index in [1.807, 2.05) is 13.8 Å². The number of carbonyl (C=O) groups is 1. The fourth-order valence-electron chi connectivity index (χ4n) is 1.59. The summed E-state index contributed by atoms with van der Waals surface area (Å²) >= 11 is 0. The minimum Gasteiger partial charge on any atom is -0.465 e. The van der Waals surface area contributed by atoms with Gasteiger partial charge in [-0.15, -0.1) is 0 Å². The van der Waals surface area contributed by atoms with Gasteiger partial charge >= 0.3 is 5.97 Å². The summed E-state index contributed by atoms with van der Waals surface area (Å²) in [5.74, 6) is -0.199. The van der Waals surface area contributed by atoms with Gasteiger partial charge in [-0.1, -0.05) is 0 Å². The van der Waals surface area contributed by atoms with Crippen LogP contribution in [0.4, 0.5) is 0 Å². The quantitative estimate of drug-likeness (QED) is 0.672. The first-order chi connectivity index (χ1) is 7.62. The second-order valence-electron chi connectivity index (χ2n) is 4.48. The molecule has 0 radical (unpaired) electrons. The Bertz CT molecular complexity index is 228. The van der Waals surface area contributed by atoms with Crippen molar-refractivity contribution in [1.29, 1.82) is 0 Å². The van der Waals surface area contributed by atoms with Gasteiger partial charge in [-0.25, -0.2) is 0 Å². The Labute approximate surface area is 97.7 Å². The van der Waals surface area contributed by atoms with Crippen molar-refractivity contribution in [1.82, 2.24) is 5.32 Å². The molecular formula is C12H23NO3. The molecule has 4 heteroatoms. The predicted molar refractivity (Wildman–Crippen MR) is 62.3 cm³/mol. The molecule has 1 fully saturated rings. The summed E-state index contributed by atoms with van der Waals surface area (Å²) in [5.41, 5.74) is -0.625. The first-order valence-electron chi connectivity index (χ1n) is 6.10. The molecule has 1 atom stereocenters. The Morgan fingerprint density at radius 3 is 2.62 bits per heavy atom. The summed E-state index contributed by atoms with van der Waals surface area (Å²) in [6.07, 6.45) is 4.67. The molecule has 0 heterocycles. The first-order valence-corrected chi connectivity index (χ1v) is 6.10. The highest BCUT2D eigenvalue weighted by Gasteiger charge is 2.33. The van der Waals surface area contributed by atoms with Crippen molar-refractivity contribution in [2.75, 3.05) is 20.3 Å². The highest BCUT2D eigenvalue weighted by Crippen LogP contribution is 2.23. The van der Waals surface area contributed by atoms with Gasteiger partial charge in [0.2, 0.25) is 0 Å². The van der Waals surface area contributed by atoms with Crippen LogP contribution in [0.15, 0.2) is 0 Å². The highest BCUT2D eigenvalue weighted by atomic mass is 16.5. The van der Waals surface area contributed by atoms with Crippen molar-refractivity contribution in [3.63, 3.8) is 0 Å². The molecule has 1 aliphatic rings. The summed E-state index contributed by atoms with van der Waals surface area (Å²) in [5, 5.41) is 3.02. The molecule has 1 N–H and O–H groups in total. The Kier molecular flexibility index (Phi) is 5.22. The second kappa shape index (κ2) is 6.21. The lowest BCUT2D eigenvalue weighted by Crippen LogP contribution is -2.49. The highest BCUT2D eigenvalue weighted by molar-refractivity contribution is 5.80. The molecule has 16 heavy (non-hydrogen) atoms. The second-order valence-corrected chi connectivity index (χ2v) is 4.48. The van der Waals surface area contributed by atoms with Gasteiger partial charge < -0.3 is 14.8 Å². The van der Waals surface area contributed by atoms with Crippen molar-refractivity contribution in [3.8, 4) is 0 Å². The largest absolute Gasteiger partial charge is 0.465 e. The average Bonchev–Trinajstić information content (AvgIpc) is 2.21. The maximum atomic E-state index is 11.7. The zero-order chi connectivity index (χ0) is 12.0. The Balaban J connectivity index is 2.29. The third kappa shape index (κ3) is 3.46. The van der Waals surface area contributed by atoms with Crippen LogP contribution in [0, 0.1) is 0 Å². The van der Waals surface area contributed by atoms with E-state index in [0.29, 0.717) is 25.7 Å². The van der Waals surface area contributed by atoms with Crippen LogP contribution in [0.5, 0.6) is 0 Å². The molecule has 0 aromatic rings. The van der Waals surface area contributed by atoms with Gasteiger partial charge in [0, 0.05) is 6.61 Å². The summed E-state index contributed by atoms with van der Waals surface area (Å²) < 4.78 is 10.7.